The molecule has 1 fully saturated rings. The van der Waals surface area contributed by atoms with Crippen molar-refractivity contribution in [2.24, 2.45) is 0 Å². The number of hydrogen-bond acceptors (Lipinski definition) is 2. The van der Waals surface area contributed by atoms with Crippen molar-refractivity contribution in [3.05, 3.63) is 11.1 Å². The summed E-state index contributed by atoms with van der Waals surface area (Å²) in [6.07, 6.45) is 2.04. The summed E-state index contributed by atoms with van der Waals surface area (Å²) in [7, 11) is 0. The molecule has 1 rings (SSSR count). The van der Waals surface area contributed by atoms with Crippen molar-refractivity contribution in [1.82, 2.24) is 10.6 Å². The molecule has 1 heterocycles. The number of rotatable bonds is 3. The summed E-state index contributed by atoms with van der Waals surface area (Å²) in [6, 6.07) is 0.0110. The van der Waals surface area contributed by atoms with Crippen LogP contribution in [0.1, 0.15) is 12.8 Å². The van der Waals surface area contributed by atoms with Gasteiger partial charge in [-0.1, -0.05) is 22.5 Å². The fourth-order valence-electron chi connectivity index (χ4n) is 1.21. The third kappa shape index (κ3) is 4.64. The molecule has 0 bridgehead atoms. The molecular weight excluding hydrogens is 255 g/mol. The van der Waals surface area contributed by atoms with Gasteiger partial charge in [0.25, 0.3) is 0 Å². The first-order valence-corrected chi connectivity index (χ1v) is 4.84. The van der Waals surface area contributed by atoms with Crippen LogP contribution in [0, 0.1) is 0 Å². The largest absolute Gasteiger partial charge is 0.350 e. The maximum Gasteiger partial charge on any atom is 0.237 e. The fraction of sp³-hybridized carbons (Fsp3) is 0.625. The highest BCUT2D eigenvalue weighted by Gasteiger charge is 2.21. The van der Waals surface area contributed by atoms with E-state index in [1.54, 1.807) is 0 Å². The maximum absolute atomic E-state index is 11.3. The van der Waals surface area contributed by atoms with Gasteiger partial charge in [0, 0.05) is 11.0 Å². The molecule has 2 N–H and O–H groups in total. The van der Waals surface area contributed by atoms with Crippen molar-refractivity contribution in [3.63, 3.8) is 0 Å². The fourth-order valence-corrected chi connectivity index (χ4v) is 1.35. The Morgan fingerprint density at radius 1 is 1.69 bits per heavy atom. The molecule has 3 nitrogen and oxygen atoms in total. The van der Waals surface area contributed by atoms with E-state index >= 15 is 0 Å². The van der Waals surface area contributed by atoms with Gasteiger partial charge in [-0.15, -0.1) is 12.4 Å². The first-order valence-electron chi connectivity index (χ1n) is 4.04. The highest BCUT2D eigenvalue weighted by Crippen LogP contribution is 2.05. The van der Waals surface area contributed by atoms with Crippen molar-refractivity contribution >= 4 is 34.2 Å². The lowest BCUT2D eigenvalue weighted by Crippen LogP contribution is -2.40. The Kier molecular flexibility index (Phi) is 6.37. The molecule has 0 saturated carbocycles. The van der Waals surface area contributed by atoms with Gasteiger partial charge in [0.05, 0.1) is 6.04 Å². The molecule has 13 heavy (non-hydrogen) atoms. The molecule has 1 atom stereocenters. The number of carbonyl (C=O) groups excluding carboxylic acids is 1. The first kappa shape index (κ1) is 12.9. The molecule has 76 valence electrons. The second kappa shape index (κ2) is 6.40. The van der Waals surface area contributed by atoms with Gasteiger partial charge < -0.3 is 10.6 Å². The second-order valence-corrected chi connectivity index (χ2v) is 4.01. The van der Waals surface area contributed by atoms with Gasteiger partial charge in [-0.3, -0.25) is 4.79 Å². The molecule has 0 spiro atoms. The van der Waals surface area contributed by atoms with E-state index < -0.39 is 0 Å². The third-order valence-corrected chi connectivity index (χ3v) is 2.11. The van der Waals surface area contributed by atoms with Crippen LogP contribution in [0.3, 0.4) is 0 Å². The third-order valence-electron chi connectivity index (χ3n) is 1.83. The molecule has 1 aliphatic rings. The van der Waals surface area contributed by atoms with E-state index in [4.69, 9.17) is 0 Å². The van der Waals surface area contributed by atoms with Gasteiger partial charge in [0.15, 0.2) is 0 Å². The predicted molar refractivity (Wildman–Crippen MR) is 59.3 cm³/mol. The number of nitrogens with one attached hydrogen (secondary N) is 2. The lowest BCUT2D eigenvalue weighted by Gasteiger charge is -2.09. The Hall–Kier alpha value is -0.0600. The molecule has 1 aliphatic heterocycles. The Bertz CT molecular complexity index is 193. The highest BCUT2D eigenvalue weighted by atomic mass is 79.9. The van der Waals surface area contributed by atoms with Crippen molar-refractivity contribution in [2.75, 3.05) is 13.1 Å². The summed E-state index contributed by atoms with van der Waals surface area (Å²) in [4.78, 5) is 11.3. The van der Waals surface area contributed by atoms with Gasteiger partial charge in [0.2, 0.25) is 5.91 Å². The van der Waals surface area contributed by atoms with Crippen LogP contribution < -0.4 is 10.6 Å². The van der Waals surface area contributed by atoms with Gasteiger partial charge in [0.1, 0.15) is 0 Å². The standard InChI is InChI=1S/C8H13BrN2O.ClH/c1-6(9)5-11-8(12)7-3-2-4-10-7;/h7,10H,1-5H2,(H,11,12);1H. The van der Waals surface area contributed by atoms with E-state index in [0.29, 0.717) is 6.54 Å². The summed E-state index contributed by atoms with van der Waals surface area (Å²) in [5, 5.41) is 5.90. The second-order valence-electron chi connectivity index (χ2n) is 2.88. The quantitative estimate of drug-likeness (QED) is 0.808. The van der Waals surface area contributed by atoms with Gasteiger partial charge in [-0.25, -0.2) is 0 Å². The van der Waals surface area contributed by atoms with Crippen LogP contribution in [0.15, 0.2) is 11.1 Å². The molecule has 0 aromatic rings. The number of halogens is 2. The van der Waals surface area contributed by atoms with Crippen LogP contribution in [0.2, 0.25) is 0 Å². The van der Waals surface area contributed by atoms with Crippen LogP contribution in [-0.4, -0.2) is 25.0 Å². The van der Waals surface area contributed by atoms with Crippen LogP contribution in [0.4, 0.5) is 0 Å². The normalized spacial score (nSPS) is 20.5. The first-order chi connectivity index (χ1) is 5.70. The molecule has 1 saturated heterocycles. The van der Waals surface area contributed by atoms with E-state index in [1.165, 1.54) is 0 Å². The molecule has 0 aromatic heterocycles. The number of hydrogen-bond donors (Lipinski definition) is 2. The average molecular weight is 270 g/mol. The Morgan fingerprint density at radius 3 is 2.85 bits per heavy atom. The minimum atomic E-state index is 0. The Morgan fingerprint density at radius 2 is 2.38 bits per heavy atom. The Labute approximate surface area is 92.9 Å². The van der Waals surface area contributed by atoms with Crippen LogP contribution in [0.5, 0.6) is 0 Å². The van der Waals surface area contributed by atoms with Gasteiger partial charge >= 0.3 is 0 Å². The molecular formula is C8H14BrClN2O. The van der Waals surface area contributed by atoms with E-state index in [2.05, 4.69) is 33.1 Å². The summed E-state index contributed by atoms with van der Waals surface area (Å²) in [5.74, 6) is 0.0769. The summed E-state index contributed by atoms with van der Waals surface area (Å²) in [5.41, 5.74) is 0. The van der Waals surface area contributed by atoms with Crippen molar-refractivity contribution in [1.29, 1.82) is 0 Å². The lowest BCUT2D eigenvalue weighted by molar-refractivity contribution is -0.122. The van der Waals surface area contributed by atoms with Crippen LogP contribution >= 0.6 is 28.3 Å². The minimum Gasteiger partial charge on any atom is -0.350 e. The smallest absolute Gasteiger partial charge is 0.237 e. The van der Waals surface area contributed by atoms with Gasteiger partial charge in [-0.2, -0.15) is 0 Å². The zero-order chi connectivity index (χ0) is 8.97. The monoisotopic (exact) mass is 268 g/mol. The molecule has 1 amide bonds. The average Bonchev–Trinajstić information content (AvgIpc) is 2.51. The maximum atomic E-state index is 11.3. The summed E-state index contributed by atoms with van der Waals surface area (Å²) in [6.45, 7) is 5.10. The molecule has 0 aliphatic carbocycles. The lowest BCUT2D eigenvalue weighted by atomic mass is 10.2. The van der Waals surface area contributed by atoms with Crippen molar-refractivity contribution in [3.8, 4) is 0 Å². The molecule has 1 unspecified atom stereocenters. The Balaban J connectivity index is 0.00000144. The van der Waals surface area contributed by atoms with Crippen molar-refractivity contribution < 1.29 is 4.79 Å². The van der Waals surface area contributed by atoms with E-state index in [9.17, 15) is 4.79 Å². The zero-order valence-corrected chi connectivity index (χ0v) is 9.71. The summed E-state index contributed by atoms with van der Waals surface area (Å²) < 4.78 is 0.800. The minimum absolute atomic E-state index is 0. The van der Waals surface area contributed by atoms with E-state index in [0.717, 1.165) is 23.9 Å². The van der Waals surface area contributed by atoms with Gasteiger partial charge in [-0.05, 0) is 19.4 Å². The zero-order valence-electron chi connectivity index (χ0n) is 7.31. The molecule has 0 radical (unpaired) electrons. The topological polar surface area (TPSA) is 41.1 Å². The molecule has 5 heteroatoms. The van der Waals surface area contributed by atoms with Crippen molar-refractivity contribution in [2.45, 2.75) is 18.9 Å². The SMILES string of the molecule is C=C(Br)CNC(=O)C1CCCN1.Cl. The van der Waals surface area contributed by atoms with Crippen LogP contribution in [-0.2, 0) is 4.79 Å². The summed E-state index contributed by atoms with van der Waals surface area (Å²) >= 11 is 3.18. The van der Waals surface area contributed by atoms with Crippen LogP contribution in [0.25, 0.3) is 0 Å². The highest BCUT2D eigenvalue weighted by molar-refractivity contribution is 9.11. The predicted octanol–water partition coefficient (Wildman–Crippen LogP) is 1.18. The molecule has 0 aromatic carbocycles. The number of carbonyl (C=O) groups is 1. The van der Waals surface area contributed by atoms with E-state index in [-0.39, 0.29) is 24.4 Å². The van der Waals surface area contributed by atoms with E-state index in [1.807, 2.05) is 0 Å². The number of amides is 1.